The standard InChI is InChI=1S/C24H34N2O4/c1-16-8-5-6-11-21(16)23(28)25-14-12-20(13-15-25)24(29)30-19(4)22(27)26-17(2)9-7-10-18(26)3/h5-6,8,11,17-20H,7,9-10,12-15H2,1-4H3/t17-,18-,19-/m1/s1. The Morgan fingerprint density at radius 2 is 1.60 bits per heavy atom. The largest absolute Gasteiger partial charge is 0.452 e. The topological polar surface area (TPSA) is 66.9 Å². The molecule has 0 saturated carbocycles. The molecule has 30 heavy (non-hydrogen) atoms. The first-order valence-corrected chi connectivity index (χ1v) is 11.2. The summed E-state index contributed by atoms with van der Waals surface area (Å²) in [4.78, 5) is 42.0. The summed E-state index contributed by atoms with van der Waals surface area (Å²) in [5.41, 5.74) is 1.67. The first-order valence-electron chi connectivity index (χ1n) is 11.2. The highest BCUT2D eigenvalue weighted by Crippen LogP contribution is 2.25. The third-order valence-electron chi connectivity index (χ3n) is 6.58. The summed E-state index contributed by atoms with van der Waals surface area (Å²) in [5, 5.41) is 0. The Morgan fingerprint density at radius 3 is 2.20 bits per heavy atom. The lowest BCUT2D eigenvalue weighted by atomic mass is 9.95. The molecule has 0 radical (unpaired) electrons. The zero-order valence-electron chi connectivity index (χ0n) is 18.6. The van der Waals surface area contributed by atoms with Gasteiger partial charge in [0.1, 0.15) is 0 Å². The Morgan fingerprint density at radius 1 is 1.00 bits per heavy atom. The molecule has 0 bridgehead atoms. The lowest BCUT2D eigenvalue weighted by Crippen LogP contribution is -2.52. The quantitative estimate of drug-likeness (QED) is 0.707. The number of nitrogens with zero attached hydrogens (tertiary/aromatic N) is 2. The number of hydrogen-bond acceptors (Lipinski definition) is 4. The number of amides is 2. The molecule has 2 aliphatic rings. The number of benzene rings is 1. The zero-order valence-corrected chi connectivity index (χ0v) is 18.6. The highest BCUT2D eigenvalue weighted by molar-refractivity contribution is 5.95. The molecule has 6 nitrogen and oxygen atoms in total. The summed E-state index contributed by atoms with van der Waals surface area (Å²) < 4.78 is 5.57. The predicted molar refractivity (Wildman–Crippen MR) is 115 cm³/mol. The van der Waals surface area contributed by atoms with Gasteiger partial charge in [0, 0.05) is 30.7 Å². The smallest absolute Gasteiger partial charge is 0.309 e. The number of rotatable bonds is 4. The van der Waals surface area contributed by atoms with E-state index in [0.717, 1.165) is 24.8 Å². The molecule has 0 unspecified atom stereocenters. The fourth-order valence-electron chi connectivity index (χ4n) is 4.69. The van der Waals surface area contributed by atoms with Crippen molar-refractivity contribution in [1.82, 2.24) is 9.80 Å². The SMILES string of the molecule is Cc1ccccc1C(=O)N1CCC(C(=O)O[C@H](C)C(=O)N2[C@H](C)CCC[C@H]2C)CC1. The van der Waals surface area contributed by atoms with E-state index in [2.05, 4.69) is 13.8 Å². The molecular formula is C24H34N2O4. The third kappa shape index (κ3) is 4.85. The van der Waals surface area contributed by atoms with Crippen LogP contribution in [0.2, 0.25) is 0 Å². The molecule has 3 atom stereocenters. The van der Waals surface area contributed by atoms with Crippen molar-refractivity contribution in [1.29, 1.82) is 0 Å². The maximum Gasteiger partial charge on any atom is 0.309 e. The summed E-state index contributed by atoms with van der Waals surface area (Å²) in [6, 6.07) is 7.92. The first kappa shape index (κ1) is 22.3. The van der Waals surface area contributed by atoms with E-state index in [9.17, 15) is 14.4 Å². The van der Waals surface area contributed by atoms with Crippen LogP contribution in [0, 0.1) is 12.8 Å². The number of hydrogen-bond donors (Lipinski definition) is 0. The van der Waals surface area contributed by atoms with Crippen molar-refractivity contribution in [2.24, 2.45) is 5.92 Å². The summed E-state index contributed by atoms with van der Waals surface area (Å²) in [6.45, 7) is 8.77. The molecule has 1 aromatic rings. The van der Waals surface area contributed by atoms with Crippen LogP contribution in [0.25, 0.3) is 0 Å². The van der Waals surface area contributed by atoms with Gasteiger partial charge in [0.25, 0.3) is 11.8 Å². The Balaban J connectivity index is 1.52. The minimum atomic E-state index is -0.771. The van der Waals surface area contributed by atoms with E-state index in [1.54, 1.807) is 11.8 Å². The van der Waals surface area contributed by atoms with Crippen molar-refractivity contribution in [3.63, 3.8) is 0 Å². The molecule has 2 aliphatic heterocycles. The number of esters is 1. The number of aryl methyl sites for hydroxylation is 1. The first-order chi connectivity index (χ1) is 14.3. The molecule has 2 fully saturated rings. The monoisotopic (exact) mass is 414 g/mol. The Labute approximate surface area is 179 Å². The third-order valence-corrected chi connectivity index (χ3v) is 6.58. The molecule has 1 aromatic carbocycles. The Hall–Kier alpha value is -2.37. The molecule has 0 aliphatic carbocycles. The van der Waals surface area contributed by atoms with Crippen molar-refractivity contribution >= 4 is 17.8 Å². The Kier molecular flexibility index (Phi) is 7.16. The van der Waals surface area contributed by atoms with Crippen molar-refractivity contribution in [2.45, 2.75) is 78.0 Å². The van der Waals surface area contributed by atoms with Gasteiger partial charge in [-0.05, 0) is 71.4 Å². The zero-order chi connectivity index (χ0) is 21.8. The number of carbonyl (C=O) groups excluding carboxylic acids is 3. The van der Waals surface area contributed by atoms with Gasteiger partial charge >= 0.3 is 5.97 Å². The molecular weight excluding hydrogens is 380 g/mol. The second-order valence-electron chi connectivity index (χ2n) is 8.83. The fourth-order valence-corrected chi connectivity index (χ4v) is 4.69. The average molecular weight is 415 g/mol. The van der Waals surface area contributed by atoms with Crippen LogP contribution in [-0.2, 0) is 14.3 Å². The second kappa shape index (κ2) is 9.63. The van der Waals surface area contributed by atoms with Crippen molar-refractivity contribution < 1.29 is 19.1 Å². The molecule has 0 aromatic heterocycles. The number of likely N-dealkylation sites (tertiary alicyclic amines) is 2. The molecule has 2 amide bonds. The van der Waals surface area contributed by atoms with Gasteiger partial charge in [-0.2, -0.15) is 0 Å². The van der Waals surface area contributed by atoms with Crippen LogP contribution in [0.15, 0.2) is 24.3 Å². The lowest BCUT2D eigenvalue weighted by Gasteiger charge is -2.40. The molecule has 2 heterocycles. The van der Waals surface area contributed by atoms with Crippen molar-refractivity contribution in [3.05, 3.63) is 35.4 Å². The summed E-state index contributed by atoms with van der Waals surface area (Å²) in [7, 11) is 0. The van der Waals surface area contributed by atoms with Crippen LogP contribution in [0.4, 0.5) is 0 Å². The summed E-state index contributed by atoms with van der Waals surface area (Å²) in [6.07, 6.45) is 3.46. The van der Waals surface area contributed by atoms with E-state index >= 15 is 0 Å². The van der Waals surface area contributed by atoms with Crippen LogP contribution in [0.5, 0.6) is 0 Å². The van der Waals surface area contributed by atoms with Crippen LogP contribution in [-0.4, -0.2) is 58.9 Å². The van der Waals surface area contributed by atoms with Gasteiger partial charge in [0.2, 0.25) is 0 Å². The molecule has 0 N–H and O–H groups in total. The number of ether oxygens (including phenoxy) is 1. The minimum Gasteiger partial charge on any atom is -0.452 e. The molecule has 3 rings (SSSR count). The van der Waals surface area contributed by atoms with Crippen LogP contribution >= 0.6 is 0 Å². The van der Waals surface area contributed by atoms with Crippen LogP contribution in [0.3, 0.4) is 0 Å². The van der Waals surface area contributed by atoms with Gasteiger partial charge in [-0.25, -0.2) is 0 Å². The maximum atomic E-state index is 12.9. The average Bonchev–Trinajstić information content (AvgIpc) is 2.73. The van der Waals surface area contributed by atoms with E-state index in [4.69, 9.17) is 4.74 Å². The van der Waals surface area contributed by atoms with Gasteiger partial charge in [0.05, 0.1) is 5.92 Å². The highest BCUT2D eigenvalue weighted by atomic mass is 16.5. The van der Waals surface area contributed by atoms with Crippen LogP contribution in [0.1, 0.15) is 68.8 Å². The molecule has 0 spiro atoms. The summed E-state index contributed by atoms with van der Waals surface area (Å²) in [5.74, 6) is -0.680. The van der Waals surface area contributed by atoms with E-state index in [-0.39, 0.29) is 35.8 Å². The summed E-state index contributed by atoms with van der Waals surface area (Å²) >= 11 is 0. The minimum absolute atomic E-state index is 0.0107. The van der Waals surface area contributed by atoms with Gasteiger partial charge < -0.3 is 14.5 Å². The van der Waals surface area contributed by atoms with Gasteiger partial charge in [0.15, 0.2) is 6.10 Å². The van der Waals surface area contributed by atoms with E-state index in [0.29, 0.717) is 31.5 Å². The molecule has 6 heteroatoms. The normalized spacial score (nSPS) is 23.7. The van der Waals surface area contributed by atoms with E-state index in [1.807, 2.05) is 36.1 Å². The molecule has 2 saturated heterocycles. The van der Waals surface area contributed by atoms with Crippen molar-refractivity contribution in [3.8, 4) is 0 Å². The molecule has 164 valence electrons. The second-order valence-corrected chi connectivity index (χ2v) is 8.83. The highest BCUT2D eigenvalue weighted by Gasteiger charge is 2.35. The van der Waals surface area contributed by atoms with Gasteiger partial charge in [-0.1, -0.05) is 18.2 Å². The fraction of sp³-hybridized carbons (Fsp3) is 0.625. The maximum absolute atomic E-state index is 12.9. The van der Waals surface area contributed by atoms with E-state index in [1.165, 1.54) is 0 Å². The van der Waals surface area contributed by atoms with E-state index < -0.39 is 6.10 Å². The van der Waals surface area contributed by atoms with Gasteiger partial charge in [-0.3, -0.25) is 14.4 Å². The van der Waals surface area contributed by atoms with Crippen molar-refractivity contribution in [2.75, 3.05) is 13.1 Å². The predicted octanol–water partition coefficient (Wildman–Crippen LogP) is 3.57. The number of carbonyl (C=O) groups is 3. The number of piperidine rings is 2. The van der Waals surface area contributed by atoms with Crippen LogP contribution < -0.4 is 0 Å². The lowest BCUT2D eigenvalue weighted by molar-refractivity contribution is -0.166. The van der Waals surface area contributed by atoms with Gasteiger partial charge in [-0.15, -0.1) is 0 Å². The Bertz CT molecular complexity index is 775.